The molecule has 30 heavy (non-hydrogen) atoms. The highest BCUT2D eigenvalue weighted by Gasteiger charge is 2.27. The van der Waals surface area contributed by atoms with Gasteiger partial charge in [-0.05, 0) is 49.3 Å². The quantitative estimate of drug-likeness (QED) is 0.624. The Balaban J connectivity index is 1.33. The van der Waals surface area contributed by atoms with E-state index in [0.717, 1.165) is 49.4 Å². The first-order valence-electron chi connectivity index (χ1n) is 11.0. The Labute approximate surface area is 179 Å². The summed E-state index contributed by atoms with van der Waals surface area (Å²) in [4.78, 5) is 24.8. The third-order valence-corrected chi connectivity index (χ3v) is 6.07. The van der Waals surface area contributed by atoms with Crippen LogP contribution in [-0.2, 0) is 4.79 Å². The average Bonchev–Trinajstić information content (AvgIpc) is 3.42. The molecule has 6 heteroatoms. The van der Waals surface area contributed by atoms with Gasteiger partial charge in [-0.25, -0.2) is 9.97 Å². The normalized spacial score (nSPS) is 19.6. The number of ether oxygens (including phenoxy) is 1. The zero-order valence-corrected chi connectivity index (χ0v) is 18.3. The first-order chi connectivity index (χ1) is 14.5. The van der Waals surface area contributed by atoms with Crippen molar-refractivity contribution in [3.8, 4) is 5.75 Å². The van der Waals surface area contributed by atoms with E-state index in [0.29, 0.717) is 6.42 Å². The van der Waals surface area contributed by atoms with Gasteiger partial charge in [0.1, 0.15) is 35.6 Å². The third kappa shape index (κ3) is 5.29. The average molecular weight is 409 g/mol. The molecule has 0 unspecified atom stereocenters. The molecular weight excluding hydrogens is 376 g/mol. The number of hydrogen-bond donors (Lipinski definition) is 0. The number of carbonyl (C=O) groups excluding carboxylic acids is 1. The van der Waals surface area contributed by atoms with Crippen molar-refractivity contribution in [2.75, 3.05) is 36.5 Å². The van der Waals surface area contributed by atoms with E-state index in [1.54, 1.807) is 13.3 Å². The minimum atomic E-state index is 0.146. The minimum Gasteiger partial charge on any atom is -0.489 e. The van der Waals surface area contributed by atoms with Gasteiger partial charge in [-0.3, -0.25) is 0 Å². The van der Waals surface area contributed by atoms with Crippen molar-refractivity contribution in [2.45, 2.75) is 51.6 Å². The summed E-state index contributed by atoms with van der Waals surface area (Å²) in [5.41, 5.74) is 1.18. The summed E-state index contributed by atoms with van der Waals surface area (Å²) in [6, 6.07) is 10.3. The van der Waals surface area contributed by atoms with E-state index in [4.69, 9.17) is 4.74 Å². The molecule has 0 radical (unpaired) electrons. The monoisotopic (exact) mass is 408 g/mol. The number of carbonyl (C=O) groups is 1. The lowest BCUT2D eigenvalue weighted by Crippen LogP contribution is -2.26. The first-order valence-corrected chi connectivity index (χ1v) is 11.0. The van der Waals surface area contributed by atoms with E-state index in [-0.39, 0.29) is 17.8 Å². The van der Waals surface area contributed by atoms with Crippen molar-refractivity contribution in [3.05, 3.63) is 42.2 Å². The number of Topliss-reactive ketones (excluding diaryl/α,β-unsaturated/α-hetero) is 1. The van der Waals surface area contributed by atoms with Crippen molar-refractivity contribution in [2.24, 2.45) is 5.92 Å². The Morgan fingerprint density at radius 2 is 2.00 bits per heavy atom. The van der Waals surface area contributed by atoms with Gasteiger partial charge in [0.15, 0.2) is 0 Å². The molecule has 1 aromatic carbocycles. The van der Waals surface area contributed by atoms with Crippen molar-refractivity contribution in [3.63, 3.8) is 0 Å². The lowest BCUT2D eigenvalue weighted by molar-refractivity contribution is -0.117. The fraction of sp³-hybridized carbons (Fsp3) is 0.542. The Bertz CT molecular complexity index is 866. The van der Waals surface area contributed by atoms with Gasteiger partial charge in [-0.15, -0.1) is 0 Å². The SMILES string of the molecule is CC(=O)C[C@@H](C)c1ccc(O[C@@H]2CCN(c3cc(N(C)CC4CC4)ncn3)C2)cc1. The van der Waals surface area contributed by atoms with E-state index in [1.807, 2.05) is 12.1 Å². The van der Waals surface area contributed by atoms with Gasteiger partial charge in [0.2, 0.25) is 0 Å². The van der Waals surface area contributed by atoms with Crippen LogP contribution in [0.5, 0.6) is 5.75 Å². The summed E-state index contributed by atoms with van der Waals surface area (Å²) >= 11 is 0. The molecule has 2 fully saturated rings. The molecule has 1 aliphatic carbocycles. The van der Waals surface area contributed by atoms with E-state index in [2.05, 4.69) is 51.9 Å². The Hall–Kier alpha value is -2.63. The van der Waals surface area contributed by atoms with Gasteiger partial charge < -0.3 is 19.3 Å². The summed E-state index contributed by atoms with van der Waals surface area (Å²) in [5, 5.41) is 0. The standard InChI is InChI=1S/C24H32N4O2/c1-17(12-18(2)29)20-6-8-21(9-7-20)30-22-10-11-28(15-22)24-13-23(25-16-26-24)27(3)14-19-4-5-19/h6-9,13,16-17,19,22H,4-5,10-12,14-15H2,1-3H3/t17-,22-/m1/s1. The topological polar surface area (TPSA) is 58.6 Å². The number of rotatable bonds is 9. The fourth-order valence-electron chi connectivity index (χ4n) is 4.15. The maximum absolute atomic E-state index is 11.3. The maximum atomic E-state index is 11.3. The van der Waals surface area contributed by atoms with Crippen LogP contribution in [0.4, 0.5) is 11.6 Å². The van der Waals surface area contributed by atoms with Crippen LogP contribution >= 0.6 is 0 Å². The second-order valence-electron chi connectivity index (χ2n) is 8.91. The number of nitrogens with zero attached hydrogens (tertiary/aromatic N) is 4. The van der Waals surface area contributed by atoms with Crippen LogP contribution in [0.3, 0.4) is 0 Å². The van der Waals surface area contributed by atoms with E-state index in [1.165, 1.54) is 18.4 Å². The summed E-state index contributed by atoms with van der Waals surface area (Å²) in [6.45, 7) is 6.56. The third-order valence-electron chi connectivity index (χ3n) is 6.07. The Kier molecular flexibility index (Phi) is 6.21. The largest absolute Gasteiger partial charge is 0.489 e. The second-order valence-corrected chi connectivity index (χ2v) is 8.91. The first kappa shape index (κ1) is 20.6. The summed E-state index contributed by atoms with van der Waals surface area (Å²) in [5.74, 6) is 4.14. The molecule has 1 aliphatic heterocycles. The molecule has 2 atom stereocenters. The van der Waals surface area contributed by atoms with Gasteiger partial charge >= 0.3 is 0 Å². The number of anilines is 2. The molecule has 160 valence electrons. The van der Waals surface area contributed by atoms with Crippen molar-refractivity contribution < 1.29 is 9.53 Å². The highest BCUT2D eigenvalue weighted by Crippen LogP contribution is 2.31. The zero-order chi connectivity index (χ0) is 21.1. The van der Waals surface area contributed by atoms with Gasteiger partial charge in [0.25, 0.3) is 0 Å². The number of benzene rings is 1. The highest BCUT2D eigenvalue weighted by molar-refractivity contribution is 5.76. The fourth-order valence-corrected chi connectivity index (χ4v) is 4.15. The second kappa shape index (κ2) is 9.02. The molecule has 2 aromatic rings. The van der Waals surface area contributed by atoms with Gasteiger partial charge in [0.05, 0.1) is 6.54 Å². The summed E-state index contributed by atoms with van der Waals surface area (Å²) in [6.07, 6.45) is 6.04. The lowest BCUT2D eigenvalue weighted by Gasteiger charge is -2.21. The molecule has 0 amide bonds. The predicted molar refractivity (Wildman–Crippen MR) is 119 cm³/mol. The summed E-state index contributed by atoms with van der Waals surface area (Å²) in [7, 11) is 2.11. The van der Waals surface area contributed by atoms with Crippen LogP contribution in [0, 0.1) is 5.92 Å². The molecule has 4 rings (SSSR count). The molecule has 2 heterocycles. The molecule has 0 spiro atoms. The highest BCUT2D eigenvalue weighted by atomic mass is 16.5. The molecule has 1 saturated carbocycles. The molecule has 2 aliphatic rings. The zero-order valence-electron chi connectivity index (χ0n) is 18.3. The van der Waals surface area contributed by atoms with Crippen molar-refractivity contribution >= 4 is 17.4 Å². The van der Waals surface area contributed by atoms with Crippen LogP contribution in [0.25, 0.3) is 0 Å². The smallest absolute Gasteiger partial charge is 0.134 e. The molecule has 1 saturated heterocycles. The van der Waals surface area contributed by atoms with E-state index < -0.39 is 0 Å². The molecule has 0 N–H and O–H groups in total. The number of ketones is 1. The van der Waals surface area contributed by atoms with Crippen molar-refractivity contribution in [1.29, 1.82) is 0 Å². The van der Waals surface area contributed by atoms with Crippen LogP contribution in [0.2, 0.25) is 0 Å². The Morgan fingerprint density at radius 1 is 1.23 bits per heavy atom. The molecular formula is C24H32N4O2. The van der Waals surface area contributed by atoms with Crippen LogP contribution in [-0.4, -0.2) is 48.5 Å². The van der Waals surface area contributed by atoms with Gasteiger partial charge in [-0.1, -0.05) is 19.1 Å². The predicted octanol–water partition coefficient (Wildman–Crippen LogP) is 4.06. The summed E-state index contributed by atoms with van der Waals surface area (Å²) < 4.78 is 6.22. The maximum Gasteiger partial charge on any atom is 0.134 e. The minimum absolute atomic E-state index is 0.146. The molecule has 1 aromatic heterocycles. The lowest BCUT2D eigenvalue weighted by atomic mass is 9.96. The number of hydrogen-bond acceptors (Lipinski definition) is 6. The van der Waals surface area contributed by atoms with Crippen molar-refractivity contribution in [1.82, 2.24) is 9.97 Å². The molecule has 0 bridgehead atoms. The molecule has 6 nitrogen and oxygen atoms in total. The van der Waals surface area contributed by atoms with E-state index >= 15 is 0 Å². The van der Waals surface area contributed by atoms with Crippen LogP contribution in [0.15, 0.2) is 36.7 Å². The van der Waals surface area contributed by atoms with E-state index in [9.17, 15) is 4.79 Å². The van der Waals surface area contributed by atoms with Crippen LogP contribution < -0.4 is 14.5 Å². The Morgan fingerprint density at radius 3 is 2.70 bits per heavy atom. The number of aromatic nitrogens is 2. The van der Waals surface area contributed by atoms with Gasteiger partial charge in [-0.2, -0.15) is 0 Å². The van der Waals surface area contributed by atoms with Gasteiger partial charge in [0, 0.05) is 39.0 Å². The van der Waals surface area contributed by atoms with Crippen LogP contribution in [0.1, 0.15) is 51.0 Å².